The number of ether oxygens (including phenoxy) is 1. The molecule has 0 aliphatic heterocycles. The van der Waals surface area contributed by atoms with E-state index in [0.29, 0.717) is 27.8 Å². The largest absolute Gasteiger partial charge is 0.494 e. The highest BCUT2D eigenvalue weighted by molar-refractivity contribution is 7.21. The van der Waals surface area contributed by atoms with Crippen molar-refractivity contribution in [2.75, 3.05) is 6.61 Å². The van der Waals surface area contributed by atoms with Crippen LogP contribution in [0.25, 0.3) is 10.1 Å². The number of rotatable bonds is 6. The number of unbranched alkanes of at least 4 members (excludes halogenated alkanes) is 1. The number of hydrazine groups is 1. The van der Waals surface area contributed by atoms with E-state index in [9.17, 15) is 9.59 Å². The van der Waals surface area contributed by atoms with Crippen molar-refractivity contribution in [3.8, 4) is 5.75 Å². The van der Waals surface area contributed by atoms with E-state index >= 15 is 0 Å². The number of halogens is 1. The van der Waals surface area contributed by atoms with Gasteiger partial charge in [-0.3, -0.25) is 20.4 Å². The number of carbonyl (C=O) groups excluding carboxylic acids is 2. The Morgan fingerprint density at radius 1 is 1.07 bits per heavy atom. The number of fused-ring (bicyclic) bond motifs is 1. The first-order valence-corrected chi connectivity index (χ1v) is 9.80. The molecule has 1 aromatic heterocycles. The molecule has 0 saturated heterocycles. The number of benzene rings is 2. The molecule has 0 atom stereocenters. The number of thiophene rings is 1. The molecule has 140 valence electrons. The van der Waals surface area contributed by atoms with Crippen molar-refractivity contribution in [1.29, 1.82) is 0 Å². The normalized spacial score (nSPS) is 10.6. The summed E-state index contributed by atoms with van der Waals surface area (Å²) in [5, 5.41) is 1.20. The Morgan fingerprint density at radius 3 is 2.63 bits per heavy atom. The molecule has 0 saturated carbocycles. The third-order valence-electron chi connectivity index (χ3n) is 3.89. The second-order valence-electron chi connectivity index (χ2n) is 5.88. The van der Waals surface area contributed by atoms with Crippen molar-refractivity contribution in [2.45, 2.75) is 19.8 Å². The van der Waals surface area contributed by atoms with Gasteiger partial charge in [-0.25, -0.2) is 0 Å². The minimum atomic E-state index is -0.454. The molecule has 2 N–H and O–H groups in total. The quantitative estimate of drug-likeness (QED) is 0.459. The topological polar surface area (TPSA) is 67.4 Å². The van der Waals surface area contributed by atoms with Crippen molar-refractivity contribution >= 4 is 44.8 Å². The van der Waals surface area contributed by atoms with Crippen molar-refractivity contribution in [2.24, 2.45) is 0 Å². The highest BCUT2D eigenvalue weighted by Crippen LogP contribution is 2.34. The van der Waals surface area contributed by atoms with Gasteiger partial charge in [-0.2, -0.15) is 0 Å². The van der Waals surface area contributed by atoms with Gasteiger partial charge in [0.15, 0.2) is 0 Å². The SMILES string of the molecule is CCCCOc1cccc(C(=O)NNC(=O)c2sc3ccccc3c2Cl)c1. The van der Waals surface area contributed by atoms with Crippen LogP contribution < -0.4 is 15.6 Å². The van der Waals surface area contributed by atoms with Gasteiger partial charge in [-0.05, 0) is 30.7 Å². The first-order chi connectivity index (χ1) is 13.1. The summed E-state index contributed by atoms with van der Waals surface area (Å²) in [4.78, 5) is 25.1. The molecule has 0 aliphatic rings. The van der Waals surface area contributed by atoms with Gasteiger partial charge in [0.25, 0.3) is 11.8 Å². The molecule has 0 fully saturated rings. The van der Waals surface area contributed by atoms with Gasteiger partial charge in [-0.1, -0.05) is 49.2 Å². The zero-order chi connectivity index (χ0) is 19.2. The van der Waals surface area contributed by atoms with Crippen LogP contribution in [0.2, 0.25) is 5.02 Å². The third kappa shape index (κ3) is 4.59. The molecule has 0 bridgehead atoms. The lowest BCUT2D eigenvalue weighted by molar-refractivity contribution is 0.0849. The lowest BCUT2D eigenvalue weighted by Crippen LogP contribution is -2.41. The summed E-state index contributed by atoms with van der Waals surface area (Å²) < 4.78 is 6.51. The first-order valence-electron chi connectivity index (χ1n) is 8.60. The van der Waals surface area contributed by atoms with E-state index < -0.39 is 11.8 Å². The van der Waals surface area contributed by atoms with Gasteiger partial charge in [0.1, 0.15) is 10.6 Å². The monoisotopic (exact) mass is 402 g/mol. The van der Waals surface area contributed by atoms with Crippen LogP contribution in [-0.4, -0.2) is 18.4 Å². The van der Waals surface area contributed by atoms with E-state index in [1.54, 1.807) is 24.3 Å². The maximum Gasteiger partial charge on any atom is 0.281 e. The van der Waals surface area contributed by atoms with E-state index in [-0.39, 0.29) is 0 Å². The Balaban J connectivity index is 1.63. The van der Waals surface area contributed by atoms with Crippen LogP contribution in [0.15, 0.2) is 48.5 Å². The molecule has 5 nitrogen and oxygen atoms in total. The summed E-state index contributed by atoms with van der Waals surface area (Å²) in [6.45, 7) is 2.68. The Hall–Kier alpha value is -2.57. The van der Waals surface area contributed by atoms with Crippen LogP contribution in [0.1, 0.15) is 39.8 Å². The van der Waals surface area contributed by atoms with E-state index in [1.165, 1.54) is 11.3 Å². The second-order valence-corrected chi connectivity index (χ2v) is 7.31. The molecule has 1 heterocycles. The highest BCUT2D eigenvalue weighted by atomic mass is 35.5. The van der Waals surface area contributed by atoms with E-state index in [2.05, 4.69) is 17.8 Å². The molecule has 0 radical (unpaired) electrons. The van der Waals surface area contributed by atoms with Gasteiger partial charge in [0, 0.05) is 15.6 Å². The molecular weight excluding hydrogens is 384 g/mol. The van der Waals surface area contributed by atoms with Gasteiger partial charge in [0.05, 0.1) is 11.6 Å². The minimum Gasteiger partial charge on any atom is -0.494 e. The van der Waals surface area contributed by atoms with E-state index in [4.69, 9.17) is 16.3 Å². The fourth-order valence-electron chi connectivity index (χ4n) is 2.46. The van der Waals surface area contributed by atoms with Gasteiger partial charge in [-0.15, -0.1) is 11.3 Å². The number of hydrogen-bond acceptors (Lipinski definition) is 4. The zero-order valence-corrected chi connectivity index (χ0v) is 16.3. The standard InChI is InChI=1S/C20H19ClN2O3S/c1-2-3-11-26-14-8-6-7-13(12-14)19(24)22-23-20(25)18-17(21)15-9-4-5-10-16(15)27-18/h4-10,12H,2-3,11H2,1H3,(H,22,24)(H,23,25). The van der Waals surface area contributed by atoms with Crippen LogP contribution in [0, 0.1) is 0 Å². The Labute approximate surface area is 166 Å². The third-order valence-corrected chi connectivity index (χ3v) is 5.57. The fourth-order valence-corrected chi connectivity index (χ4v) is 3.88. The van der Waals surface area contributed by atoms with Crippen molar-refractivity contribution < 1.29 is 14.3 Å². The summed E-state index contributed by atoms with van der Waals surface area (Å²) in [6.07, 6.45) is 1.98. The van der Waals surface area contributed by atoms with Crippen LogP contribution >= 0.6 is 22.9 Å². The summed E-state index contributed by atoms with van der Waals surface area (Å²) in [5.41, 5.74) is 5.23. The molecule has 3 aromatic rings. The Bertz CT molecular complexity index is 971. The molecule has 2 aromatic carbocycles. The summed E-state index contributed by atoms with van der Waals surface area (Å²) in [5.74, 6) is -0.263. The smallest absolute Gasteiger partial charge is 0.281 e. The number of amides is 2. The molecule has 2 amide bonds. The molecule has 7 heteroatoms. The highest BCUT2D eigenvalue weighted by Gasteiger charge is 2.17. The van der Waals surface area contributed by atoms with Crippen molar-refractivity contribution in [1.82, 2.24) is 10.9 Å². The van der Waals surface area contributed by atoms with Crippen LogP contribution in [-0.2, 0) is 0 Å². The van der Waals surface area contributed by atoms with E-state index in [0.717, 1.165) is 22.9 Å². The Morgan fingerprint density at radius 2 is 1.85 bits per heavy atom. The maximum absolute atomic E-state index is 12.4. The van der Waals surface area contributed by atoms with Crippen LogP contribution in [0.5, 0.6) is 5.75 Å². The average molecular weight is 403 g/mol. The molecular formula is C20H19ClN2O3S. The number of hydrogen-bond donors (Lipinski definition) is 2. The van der Waals surface area contributed by atoms with Crippen molar-refractivity contribution in [3.05, 3.63) is 64.0 Å². The summed E-state index contributed by atoms with van der Waals surface area (Å²) in [6, 6.07) is 14.3. The summed E-state index contributed by atoms with van der Waals surface area (Å²) >= 11 is 7.56. The van der Waals surface area contributed by atoms with Gasteiger partial charge >= 0.3 is 0 Å². The second kappa shape index (κ2) is 8.88. The molecule has 0 unspecified atom stereocenters. The lowest BCUT2D eigenvalue weighted by Gasteiger charge is -2.09. The fraction of sp³-hybridized carbons (Fsp3) is 0.200. The molecule has 0 spiro atoms. The zero-order valence-electron chi connectivity index (χ0n) is 14.8. The number of carbonyl (C=O) groups is 2. The van der Waals surface area contributed by atoms with Crippen LogP contribution in [0.3, 0.4) is 0 Å². The lowest BCUT2D eigenvalue weighted by atomic mass is 10.2. The number of nitrogens with one attached hydrogen (secondary N) is 2. The van der Waals surface area contributed by atoms with Crippen LogP contribution in [0.4, 0.5) is 0 Å². The van der Waals surface area contributed by atoms with E-state index in [1.807, 2.05) is 24.3 Å². The van der Waals surface area contributed by atoms with Gasteiger partial charge < -0.3 is 4.74 Å². The molecule has 3 rings (SSSR count). The van der Waals surface area contributed by atoms with Crippen molar-refractivity contribution in [3.63, 3.8) is 0 Å². The Kier molecular flexibility index (Phi) is 6.32. The molecule has 27 heavy (non-hydrogen) atoms. The first kappa shape index (κ1) is 19.2. The average Bonchev–Trinajstić information content (AvgIpc) is 3.03. The predicted molar refractivity (Wildman–Crippen MR) is 109 cm³/mol. The summed E-state index contributed by atoms with van der Waals surface area (Å²) in [7, 11) is 0. The van der Waals surface area contributed by atoms with Gasteiger partial charge in [0.2, 0.25) is 0 Å². The predicted octanol–water partition coefficient (Wildman–Crippen LogP) is 4.81. The maximum atomic E-state index is 12.4. The minimum absolute atomic E-state index is 0.356. The molecule has 0 aliphatic carbocycles.